The predicted molar refractivity (Wildman–Crippen MR) is 150 cm³/mol. The van der Waals surface area contributed by atoms with Crippen LogP contribution >= 0.6 is 11.3 Å². The van der Waals surface area contributed by atoms with E-state index in [1.54, 1.807) is 17.8 Å². The van der Waals surface area contributed by atoms with E-state index in [1.165, 1.54) is 11.3 Å². The van der Waals surface area contributed by atoms with Gasteiger partial charge in [-0.05, 0) is 56.4 Å². The molecule has 0 bridgehead atoms. The van der Waals surface area contributed by atoms with Gasteiger partial charge in [0.05, 0.1) is 16.9 Å². The van der Waals surface area contributed by atoms with Gasteiger partial charge in [-0.2, -0.15) is 10.4 Å². The Balaban J connectivity index is 1.53. The zero-order chi connectivity index (χ0) is 26.6. The van der Waals surface area contributed by atoms with Crippen molar-refractivity contribution < 1.29 is 9.59 Å². The summed E-state index contributed by atoms with van der Waals surface area (Å²) in [5.41, 5.74) is 5.61. The molecule has 38 heavy (non-hydrogen) atoms. The molecule has 7 nitrogen and oxygen atoms in total. The van der Waals surface area contributed by atoms with E-state index < -0.39 is 5.91 Å². The number of anilines is 1. The third-order valence-corrected chi connectivity index (χ3v) is 7.81. The SMILES string of the molecule is CNC(=O)c1c(NC(=O)C(C#N)=Cc2cn(-c3ccccc3)nc2-c2ccc(C)cc2)sc2c1CCCC2. The highest BCUT2D eigenvalue weighted by Gasteiger charge is 2.26. The molecule has 4 aromatic rings. The molecule has 1 aliphatic carbocycles. The first-order valence-electron chi connectivity index (χ1n) is 12.5. The van der Waals surface area contributed by atoms with Gasteiger partial charge in [0.1, 0.15) is 16.6 Å². The second-order valence-electron chi connectivity index (χ2n) is 9.20. The lowest BCUT2D eigenvalue weighted by atomic mass is 9.95. The second-order valence-corrected chi connectivity index (χ2v) is 10.3. The fourth-order valence-electron chi connectivity index (χ4n) is 4.64. The number of rotatable bonds is 6. The molecule has 190 valence electrons. The first-order chi connectivity index (χ1) is 18.5. The Morgan fingerprint density at radius 3 is 2.53 bits per heavy atom. The molecule has 2 aromatic carbocycles. The number of hydrogen-bond donors (Lipinski definition) is 2. The van der Waals surface area contributed by atoms with Gasteiger partial charge in [0.15, 0.2) is 0 Å². The number of hydrogen-bond acceptors (Lipinski definition) is 5. The van der Waals surface area contributed by atoms with Crippen molar-refractivity contribution in [1.29, 1.82) is 5.26 Å². The Kier molecular flexibility index (Phi) is 7.20. The van der Waals surface area contributed by atoms with Crippen molar-refractivity contribution in [2.24, 2.45) is 0 Å². The molecule has 2 amide bonds. The first kappa shape index (κ1) is 25.2. The lowest BCUT2D eigenvalue weighted by Crippen LogP contribution is -2.22. The predicted octanol–water partition coefficient (Wildman–Crippen LogP) is 5.69. The summed E-state index contributed by atoms with van der Waals surface area (Å²) in [6, 6.07) is 19.7. The van der Waals surface area contributed by atoms with Crippen LogP contribution in [0.1, 0.15) is 44.8 Å². The fourth-order valence-corrected chi connectivity index (χ4v) is 5.92. The van der Waals surface area contributed by atoms with Crippen molar-refractivity contribution in [2.75, 3.05) is 12.4 Å². The van der Waals surface area contributed by atoms with Crippen LogP contribution in [-0.2, 0) is 17.6 Å². The molecule has 0 saturated heterocycles. The minimum atomic E-state index is -0.557. The van der Waals surface area contributed by atoms with Crippen molar-refractivity contribution in [3.63, 3.8) is 0 Å². The molecule has 0 spiro atoms. The van der Waals surface area contributed by atoms with E-state index in [0.29, 0.717) is 21.8 Å². The third-order valence-electron chi connectivity index (χ3n) is 6.61. The lowest BCUT2D eigenvalue weighted by Gasteiger charge is -2.12. The monoisotopic (exact) mass is 521 g/mol. The van der Waals surface area contributed by atoms with Crippen molar-refractivity contribution in [3.05, 3.63) is 93.5 Å². The van der Waals surface area contributed by atoms with Crippen LogP contribution in [0.25, 0.3) is 23.0 Å². The van der Waals surface area contributed by atoms with Gasteiger partial charge in [0.2, 0.25) is 0 Å². The number of thiophene rings is 1. The molecule has 0 saturated carbocycles. The molecule has 0 aliphatic heterocycles. The molecule has 8 heteroatoms. The summed E-state index contributed by atoms with van der Waals surface area (Å²) in [6.07, 6.45) is 7.14. The summed E-state index contributed by atoms with van der Waals surface area (Å²) in [5, 5.41) is 20.8. The Hall–Kier alpha value is -4.48. The molecular weight excluding hydrogens is 494 g/mol. The van der Waals surface area contributed by atoms with E-state index in [9.17, 15) is 14.9 Å². The van der Waals surface area contributed by atoms with E-state index in [0.717, 1.165) is 52.9 Å². The highest BCUT2D eigenvalue weighted by molar-refractivity contribution is 7.17. The number of nitrogens with zero attached hydrogens (tertiary/aromatic N) is 3. The van der Waals surface area contributed by atoms with E-state index in [2.05, 4.69) is 10.6 Å². The molecule has 0 atom stereocenters. The zero-order valence-electron chi connectivity index (χ0n) is 21.2. The summed E-state index contributed by atoms with van der Waals surface area (Å²) in [6.45, 7) is 2.01. The standard InChI is InChI=1S/C30H27N5O2S/c1-19-12-14-20(15-13-19)27-22(18-35(34-27)23-8-4-3-5-9-23)16-21(17-31)28(36)33-30-26(29(37)32-2)24-10-6-7-11-25(24)38-30/h3-5,8-9,12-16,18H,6-7,10-11H2,1-2H3,(H,32,37)(H,33,36). The number of benzene rings is 2. The minimum absolute atomic E-state index is 0.0693. The Labute approximate surface area is 225 Å². The lowest BCUT2D eigenvalue weighted by molar-refractivity contribution is -0.112. The molecule has 5 rings (SSSR count). The largest absolute Gasteiger partial charge is 0.355 e. The number of nitrogens with one attached hydrogen (secondary N) is 2. The smallest absolute Gasteiger partial charge is 0.266 e. The Morgan fingerprint density at radius 2 is 1.82 bits per heavy atom. The van der Waals surface area contributed by atoms with Gasteiger partial charge < -0.3 is 10.6 Å². The van der Waals surface area contributed by atoms with Crippen molar-refractivity contribution in [3.8, 4) is 23.0 Å². The van der Waals surface area contributed by atoms with E-state index in [-0.39, 0.29) is 11.5 Å². The topological polar surface area (TPSA) is 99.8 Å². The molecule has 2 aromatic heterocycles. The van der Waals surface area contributed by atoms with Gasteiger partial charge in [-0.3, -0.25) is 9.59 Å². The summed E-state index contributed by atoms with van der Waals surface area (Å²) in [5.74, 6) is -0.786. The third kappa shape index (κ3) is 5.01. The van der Waals surface area contributed by atoms with Crippen LogP contribution in [0.15, 0.2) is 66.4 Å². The highest BCUT2D eigenvalue weighted by atomic mass is 32.1. The van der Waals surface area contributed by atoms with Crippen LogP contribution in [0.5, 0.6) is 0 Å². The first-order valence-corrected chi connectivity index (χ1v) is 13.3. The second kappa shape index (κ2) is 10.9. The van der Waals surface area contributed by atoms with Crippen LogP contribution in [0.3, 0.4) is 0 Å². The van der Waals surface area contributed by atoms with Crippen LogP contribution in [0.2, 0.25) is 0 Å². The van der Waals surface area contributed by atoms with Gasteiger partial charge in [0, 0.05) is 29.2 Å². The number of para-hydroxylation sites is 1. The molecular formula is C30H27N5O2S. The maximum atomic E-state index is 13.3. The quantitative estimate of drug-likeness (QED) is 0.251. The minimum Gasteiger partial charge on any atom is -0.355 e. The molecule has 2 heterocycles. The van der Waals surface area contributed by atoms with Gasteiger partial charge in [-0.1, -0.05) is 48.0 Å². The number of carbonyl (C=O) groups is 2. The fraction of sp³-hybridized carbons (Fsp3) is 0.200. The molecule has 2 N–H and O–H groups in total. The normalized spacial score (nSPS) is 12.9. The zero-order valence-corrected chi connectivity index (χ0v) is 22.1. The molecule has 1 aliphatic rings. The maximum absolute atomic E-state index is 13.3. The summed E-state index contributed by atoms with van der Waals surface area (Å²) in [4.78, 5) is 27.2. The van der Waals surface area contributed by atoms with Crippen molar-refractivity contribution in [2.45, 2.75) is 32.6 Å². The molecule has 0 unspecified atom stereocenters. The Morgan fingerprint density at radius 1 is 1.08 bits per heavy atom. The number of carbonyl (C=O) groups excluding carboxylic acids is 2. The van der Waals surface area contributed by atoms with E-state index in [1.807, 2.05) is 73.8 Å². The summed E-state index contributed by atoms with van der Waals surface area (Å²) >= 11 is 1.43. The average Bonchev–Trinajstić information content (AvgIpc) is 3.53. The average molecular weight is 522 g/mol. The number of fused-ring (bicyclic) bond motifs is 1. The number of amides is 2. The number of aromatic nitrogens is 2. The van der Waals surface area contributed by atoms with Crippen LogP contribution in [-0.4, -0.2) is 28.6 Å². The summed E-state index contributed by atoms with van der Waals surface area (Å²) < 4.78 is 1.74. The van der Waals surface area contributed by atoms with Gasteiger partial charge in [-0.15, -0.1) is 11.3 Å². The van der Waals surface area contributed by atoms with Crippen molar-refractivity contribution in [1.82, 2.24) is 15.1 Å². The number of aryl methyl sites for hydroxylation is 2. The van der Waals surface area contributed by atoms with E-state index in [4.69, 9.17) is 5.10 Å². The summed E-state index contributed by atoms with van der Waals surface area (Å²) in [7, 11) is 1.58. The van der Waals surface area contributed by atoms with Crippen LogP contribution in [0, 0.1) is 18.3 Å². The Bertz CT molecular complexity index is 1570. The van der Waals surface area contributed by atoms with Gasteiger partial charge >= 0.3 is 0 Å². The van der Waals surface area contributed by atoms with Gasteiger partial charge in [-0.25, -0.2) is 4.68 Å². The van der Waals surface area contributed by atoms with E-state index >= 15 is 0 Å². The van der Waals surface area contributed by atoms with Crippen LogP contribution in [0.4, 0.5) is 5.00 Å². The maximum Gasteiger partial charge on any atom is 0.266 e. The molecule has 0 radical (unpaired) electrons. The van der Waals surface area contributed by atoms with Crippen molar-refractivity contribution >= 4 is 34.2 Å². The number of nitriles is 1. The van der Waals surface area contributed by atoms with Gasteiger partial charge in [0.25, 0.3) is 11.8 Å². The van der Waals surface area contributed by atoms with Crippen LogP contribution < -0.4 is 10.6 Å². The molecule has 0 fully saturated rings. The highest BCUT2D eigenvalue weighted by Crippen LogP contribution is 2.38.